The Morgan fingerprint density at radius 3 is 2.12 bits per heavy atom. The van der Waals surface area contributed by atoms with Gasteiger partial charge in [0.1, 0.15) is 0 Å². The van der Waals surface area contributed by atoms with Gasteiger partial charge >= 0.3 is 0 Å². The van der Waals surface area contributed by atoms with Crippen LogP contribution < -0.4 is 4.57 Å². The lowest BCUT2D eigenvalue weighted by Gasteiger charge is -2.09. The fourth-order valence-electron chi connectivity index (χ4n) is 3.35. The quantitative estimate of drug-likeness (QED) is 0.368. The highest BCUT2D eigenvalue weighted by molar-refractivity contribution is 5.98. The van der Waals surface area contributed by atoms with E-state index in [1.54, 1.807) is 0 Å². The van der Waals surface area contributed by atoms with Crippen LogP contribution in [-0.2, 0) is 0 Å². The van der Waals surface area contributed by atoms with Gasteiger partial charge in [0.05, 0.1) is 0 Å². The lowest BCUT2D eigenvalue weighted by molar-refractivity contribution is -0.679. The summed E-state index contributed by atoms with van der Waals surface area (Å²) in [6.07, 6.45) is 1.98. The van der Waals surface area contributed by atoms with E-state index in [1.807, 2.05) is 78.4 Å². The number of carbonyl (C=O) groups excluding carboxylic acids is 1. The van der Waals surface area contributed by atoms with Crippen molar-refractivity contribution in [1.29, 1.82) is 0 Å². The molecule has 0 bridgehead atoms. The van der Waals surface area contributed by atoms with Gasteiger partial charge in [-0.3, -0.25) is 4.79 Å². The zero-order chi connectivity index (χ0) is 17.9. The molecule has 3 aromatic carbocycles. The summed E-state index contributed by atoms with van der Waals surface area (Å²) >= 11 is 0. The summed E-state index contributed by atoms with van der Waals surface area (Å²) in [6.45, 7) is 1.96. The number of para-hydroxylation sites is 1. The zero-order valence-corrected chi connectivity index (χ0v) is 14.7. The van der Waals surface area contributed by atoms with Crippen LogP contribution in [0.2, 0.25) is 0 Å². The van der Waals surface area contributed by atoms with E-state index >= 15 is 0 Å². The third-order valence-electron chi connectivity index (χ3n) is 4.81. The second kappa shape index (κ2) is 6.93. The lowest BCUT2D eigenvalue weighted by atomic mass is 10.00. The second-order valence-corrected chi connectivity index (χ2v) is 6.46. The van der Waals surface area contributed by atoms with Crippen molar-refractivity contribution in [2.75, 3.05) is 0 Å². The number of hydrogen-bond donors (Lipinski definition) is 0. The van der Waals surface area contributed by atoms with Crippen molar-refractivity contribution in [3.8, 4) is 11.1 Å². The predicted octanol–water partition coefficient (Wildman–Crippen LogP) is 5.24. The fraction of sp³-hybridized carbons (Fsp3) is 0.0833. The molecule has 1 heterocycles. The van der Waals surface area contributed by atoms with Gasteiger partial charge in [-0.15, -0.1) is 0 Å². The Labute approximate surface area is 153 Å². The van der Waals surface area contributed by atoms with Crippen LogP contribution in [0.3, 0.4) is 0 Å². The molecule has 0 aliphatic carbocycles. The van der Waals surface area contributed by atoms with Gasteiger partial charge in [-0.2, -0.15) is 4.57 Å². The topological polar surface area (TPSA) is 20.9 Å². The molecule has 0 spiro atoms. The molecule has 2 nitrogen and oxygen atoms in total. The van der Waals surface area contributed by atoms with Gasteiger partial charge < -0.3 is 0 Å². The van der Waals surface area contributed by atoms with Gasteiger partial charge in [-0.05, 0) is 23.3 Å². The SMILES string of the molecule is C[C@H](C(=O)c1ccc(-c2ccccc2)cc1)[n+]1cccc2ccccc21. The molecule has 26 heavy (non-hydrogen) atoms. The number of carbonyl (C=O) groups is 1. The third-order valence-corrected chi connectivity index (χ3v) is 4.81. The molecule has 4 rings (SSSR count). The van der Waals surface area contributed by atoms with Gasteiger partial charge in [0.2, 0.25) is 17.3 Å². The van der Waals surface area contributed by atoms with E-state index < -0.39 is 0 Å². The van der Waals surface area contributed by atoms with E-state index in [0.29, 0.717) is 0 Å². The van der Waals surface area contributed by atoms with E-state index in [2.05, 4.69) is 30.3 Å². The van der Waals surface area contributed by atoms with Crippen LogP contribution in [0.1, 0.15) is 23.3 Å². The summed E-state index contributed by atoms with van der Waals surface area (Å²) in [6, 6.07) is 30.0. The maximum atomic E-state index is 13.0. The number of ketones is 1. The first kappa shape index (κ1) is 16.2. The number of pyridine rings is 1. The van der Waals surface area contributed by atoms with Crippen LogP contribution in [-0.4, -0.2) is 5.78 Å². The van der Waals surface area contributed by atoms with Gasteiger partial charge in [-0.25, -0.2) is 0 Å². The summed E-state index contributed by atoms with van der Waals surface area (Å²) in [5.74, 6) is 0.117. The average Bonchev–Trinajstić information content (AvgIpc) is 2.73. The Morgan fingerprint density at radius 2 is 1.35 bits per heavy atom. The molecule has 1 aromatic heterocycles. The van der Waals surface area contributed by atoms with Crippen molar-refractivity contribution < 1.29 is 9.36 Å². The molecule has 0 unspecified atom stereocenters. The van der Waals surface area contributed by atoms with Crippen molar-refractivity contribution in [3.63, 3.8) is 0 Å². The average molecular weight is 338 g/mol. The van der Waals surface area contributed by atoms with E-state index in [4.69, 9.17) is 0 Å². The summed E-state index contributed by atoms with van der Waals surface area (Å²) in [5, 5.41) is 1.13. The second-order valence-electron chi connectivity index (χ2n) is 6.46. The van der Waals surface area contributed by atoms with Gasteiger partial charge in [0, 0.05) is 30.0 Å². The summed E-state index contributed by atoms with van der Waals surface area (Å²) in [5.41, 5.74) is 4.07. The highest BCUT2D eigenvalue weighted by Gasteiger charge is 2.25. The monoisotopic (exact) mass is 338 g/mol. The molecule has 126 valence electrons. The van der Waals surface area contributed by atoms with Crippen molar-refractivity contribution >= 4 is 16.7 Å². The van der Waals surface area contributed by atoms with Gasteiger partial charge in [0.15, 0.2) is 6.20 Å². The first-order chi connectivity index (χ1) is 12.7. The number of rotatable bonds is 4. The van der Waals surface area contributed by atoms with Crippen LogP contribution >= 0.6 is 0 Å². The van der Waals surface area contributed by atoms with E-state index in [-0.39, 0.29) is 11.8 Å². The first-order valence-electron chi connectivity index (χ1n) is 8.82. The first-order valence-corrected chi connectivity index (χ1v) is 8.82. The Kier molecular flexibility index (Phi) is 4.32. The number of Topliss-reactive ketones (excluding diaryl/α,β-unsaturated/α-hetero) is 1. The largest absolute Gasteiger partial charge is 0.287 e. The Morgan fingerprint density at radius 1 is 0.731 bits per heavy atom. The zero-order valence-electron chi connectivity index (χ0n) is 14.7. The molecule has 2 heteroatoms. The fourth-order valence-corrected chi connectivity index (χ4v) is 3.35. The Hall–Kier alpha value is -3.26. The number of hydrogen-bond acceptors (Lipinski definition) is 1. The summed E-state index contributed by atoms with van der Waals surface area (Å²) in [7, 11) is 0. The molecule has 0 saturated carbocycles. The predicted molar refractivity (Wildman–Crippen MR) is 105 cm³/mol. The molecule has 1 atom stereocenters. The van der Waals surface area contributed by atoms with Gasteiger partial charge in [-0.1, -0.05) is 66.7 Å². The molecule has 0 radical (unpaired) electrons. The van der Waals surface area contributed by atoms with Crippen LogP contribution in [0.4, 0.5) is 0 Å². The van der Waals surface area contributed by atoms with Crippen molar-refractivity contribution in [2.45, 2.75) is 13.0 Å². The van der Waals surface area contributed by atoms with Crippen LogP contribution in [0.25, 0.3) is 22.0 Å². The molecule has 0 N–H and O–H groups in total. The van der Waals surface area contributed by atoms with E-state index in [9.17, 15) is 4.79 Å². The Balaban J connectivity index is 1.65. The summed E-state index contributed by atoms with van der Waals surface area (Å²) in [4.78, 5) is 13.0. The summed E-state index contributed by atoms with van der Waals surface area (Å²) < 4.78 is 2.04. The smallest absolute Gasteiger partial charge is 0.230 e. The number of fused-ring (bicyclic) bond motifs is 1. The number of aromatic nitrogens is 1. The minimum absolute atomic E-state index is 0.117. The van der Waals surface area contributed by atoms with Crippen LogP contribution in [0, 0.1) is 0 Å². The maximum Gasteiger partial charge on any atom is 0.230 e. The molecule has 0 aliphatic heterocycles. The minimum Gasteiger partial charge on any atom is -0.287 e. The van der Waals surface area contributed by atoms with Crippen molar-refractivity contribution in [1.82, 2.24) is 0 Å². The third kappa shape index (κ3) is 3.02. The molecule has 0 fully saturated rings. The van der Waals surface area contributed by atoms with Crippen molar-refractivity contribution in [2.24, 2.45) is 0 Å². The number of nitrogens with zero attached hydrogens (tertiary/aromatic N) is 1. The Bertz CT molecular complexity index is 1050. The highest BCUT2D eigenvalue weighted by atomic mass is 16.1. The van der Waals surface area contributed by atoms with Crippen molar-refractivity contribution in [3.05, 3.63) is 103 Å². The molecule has 0 amide bonds. The van der Waals surface area contributed by atoms with Gasteiger partial charge in [0.25, 0.3) is 0 Å². The molecule has 4 aromatic rings. The molecule has 0 aliphatic rings. The normalized spacial score (nSPS) is 12.0. The molecule has 0 saturated heterocycles. The maximum absolute atomic E-state index is 13.0. The molecular weight excluding hydrogens is 318 g/mol. The van der Waals surface area contributed by atoms with Crippen LogP contribution in [0.15, 0.2) is 97.2 Å². The van der Waals surface area contributed by atoms with E-state index in [1.165, 1.54) is 0 Å². The standard InChI is InChI=1S/C24H20NO/c1-18(25-17-7-11-21-10-5-6-12-23(21)25)24(26)22-15-13-20(14-16-22)19-8-3-2-4-9-19/h2-18H,1H3/q+1/t18-/m1/s1. The highest BCUT2D eigenvalue weighted by Crippen LogP contribution is 2.21. The molecular formula is C24H20NO+. The lowest BCUT2D eigenvalue weighted by Crippen LogP contribution is -2.42. The number of benzene rings is 3. The minimum atomic E-state index is -0.260. The van der Waals surface area contributed by atoms with Crippen LogP contribution in [0.5, 0.6) is 0 Å². The van der Waals surface area contributed by atoms with E-state index in [0.717, 1.165) is 27.6 Å².